The van der Waals surface area contributed by atoms with Crippen LogP contribution in [0, 0.1) is 13.8 Å². The van der Waals surface area contributed by atoms with E-state index in [9.17, 15) is 13.2 Å². The van der Waals surface area contributed by atoms with E-state index in [4.69, 9.17) is 0 Å². The Balaban J connectivity index is 1.49. The molecule has 2 fully saturated rings. The topological polar surface area (TPSA) is 69.7 Å². The highest BCUT2D eigenvalue weighted by Gasteiger charge is 2.29. The van der Waals surface area contributed by atoms with Gasteiger partial charge in [0.2, 0.25) is 5.91 Å². The van der Waals surface area contributed by atoms with Gasteiger partial charge in [0, 0.05) is 37.9 Å². The molecule has 1 aromatic carbocycles. The summed E-state index contributed by atoms with van der Waals surface area (Å²) < 4.78 is 22.9. The number of rotatable bonds is 4. The number of nitrogens with one attached hydrogen (secondary N) is 1. The SMILES string of the molecule is Cc1cccc(N2CCN(C(=O)CNC3CCS(=O)(=O)C3)CC2)c1C. The normalized spacial score (nSPS) is 23.0. The van der Waals surface area contributed by atoms with Crippen molar-refractivity contribution in [1.29, 1.82) is 0 Å². The number of hydrogen-bond acceptors (Lipinski definition) is 5. The summed E-state index contributed by atoms with van der Waals surface area (Å²) >= 11 is 0. The average molecular weight is 365 g/mol. The van der Waals surface area contributed by atoms with E-state index >= 15 is 0 Å². The molecule has 0 aliphatic carbocycles. The van der Waals surface area contributed by atoms with Gasteiger partial charge in [0.05, 0.1) is 18.1 Å². The van der Waals surface area contributed by atoms with Gasteiger partial charge in [-0.1, -0.05) is 12.1 Å². The molecule has 2 saturated heterocycles. The van der Waals surface area contributed by atoms with Gasteiger partial charge in [-0.3, -0.25) is 4.79 Å². The van der Waals surface area contributed by atoms with Gasteiger partial charge in [-0.2, -0.15) is 0 Å². The smallest absolute Gasteiger partial charge is 0.236 e. The molecule has 0 radical (unpaired) electrons. The highest BCUT2D eigenvalue weighted by Crippen LogP contribution is 2.23. The summed E-state index contributed by atoms with van der Waals surface area (Å²) in [5.41, 5.74) is 3.83. The van der Waals surface area contributed by atoms with Crippen LogP contribution >= 0.6 is 0 Å². The van der Waals surface area contributed by atoms with Gasteiger partial charge in [0.15, 0.2) is 9.84 Å². The number of benzene rings is 1. The molecule has 25 heavy (non-hydrogen) atoms. The van der Waals surface area contributed by atoms with E-state index in [1.165, 1.54) is 16.8 Å². The van der Waals surface area contributed by atoms with E-state index in [2.05, 4.69) is 42.3 Å². The van der Waals surface area contributed by atoms with Gasteiger partial charge in [-0.25, -0.2) is 8.42 Å². The molecular formula is C18H27N3O3S. The minimum atomic E-state index is -2.91. The zero-order valence-electron chi connectivity index (χ0n) is 15.0. The third-order valence-electron chi connectivity index (χ3n) is 5.32. The van der Waals surface area contributed by atoms with E-state index in [0.717, 1.165) is 13.1 Å². The first kappa shape index (κ1) is 18.2. The van der Waals surface area contributed by atoms with Crippen LogP contribution in [0.1, 0.15) is 17.5 Å². The Kier molecular flexibility index (Phi) is 5.34. The van der Waals surface area contributed by atoms with Crippen LogP contribution in [0.3, 0.4) is 0 Å². The number of carbonyl (C=O) groups excluding carboxylic acids is 1. The standard InChI is InChI=1S/C18H27N3O3S/c1-14-4-3-5-17(15(14)2)20-7-9-21(10-8-20)18(22)12-19-16-6-11-25(23,24)13-16/h3-5,16,19H,6-13H2,1-2H3. The Morgan fingerprint density at radius 1 is 1.20 bits per heavy atom. The van der Waals surface area contributed by atoms with E-state index < -0.39 is 9.84 Å². The molecule has 0 saturated carbocycles. The summed E-state index contributed by atoms with van der Waals surface area (Å²) in [6.45, 7) is 7.55. The van der Waals surface area contributed by atoms with Crippen molar-refractivity contribution in [2.24, 2.45) is 0 Å². The third-order valence-corrected chi connectivity index (χ3v) is 7.09. The van der Waals surface area contributed by atoms with Crippen LogP contribution in [-0.2, 0) is 14.6 Å². The number of hydrogen-bond donors (Lipinski definition) is 1. The fourth-order valence-corrected chi connectivity index (χ4v) is 5.28. The molecular weight excluding hydrogens is 338 g/mol. The minimum absolute atomic E-state index is 0.0601. The first-order valence-electron chi connectivity index (χ1n) is 8.88. The summed E-state index contributed by atoms with van der Waals surface area (Å²) in [7, 11) is -2.91. The Morgan fingerprint density at radius 3 is 2.56 bits per heavy atom. The number of sulfone groups is 1. The van der Waals surface area contributed by atoms with E-state index in [1.807, 2.05) is 4.90 Å². The zero-order chi connectivity index (χ0) is 18.0. The van der Waals surface area contributed by atoms with Gasteiger partial charge in [-0.05, 0) is 37.5 Å². The Labute approximate surface area is 150 Å². The molecule has 1 unspecified atom stereocenters. The van der Waals surface area contributed by atoms with Crippen LogP contribution in [0.5, 0.6) is 0 Å². The molecule has 3 rings (SSSR count). The quantitative estimate of drug-likeness (QED) is 0.852. The van der Waals surface area contributed by atoms with Gasteiger partial charge < -0.3 is 15.1 Å². The fraction of sp³-hybridized carbons (Fsp3) is 0.611. The number of amides is 1. The van der Waals surface area contributed by atoms with E-state index in [1.54, 1.807) is 0 Å². The molecule has 0 aromatic heterocycles. The van der Waals surface area contributed by atoms with Gasteiger partial charge in [0.25, 0.3) is 0 Å². The second-order valence-corrected chi connectivity index (χ2v) is 9.30. The number of carbonyl (C=O) groups is 1. The predicted molar refractivity (Wildman–Crippen MR) is 99.8 cm³/mol. The van der Waals surface area contributed by atoms with Crippen molar-refractivity contribution < 1.29 is 13.2 Å². The van der Waals surface area contributed by atoms with Crippen LogP contribution in [0.15, 0.2) is 18.2 Å². The van der Waals surface area contributed by atoms with Crippen molar-refractivity contribution in [2.45, 2.75) is 26.3 Å². The minimum Gasteiger partial charge on any atom is -0.368 e. The molecule has 2 heterocycles. The lowest BCUT2D eigenvalue weighted by atomic mass is 10.1. The second kappa shape index (κ2) is 7.33. The van der Waals surface area contributed by atoms with Crippen LogP contribution in [-0.4, -0.2) is 69.5 Å². The lowest BCUT2D eigenvalue weighted by molar-refractivity contribution is -0.130. The number of anilines is 1. The molecule has 1 aromatic rings. The molecule has 1 amide bonds. The summed E-state index contributed by atoms with van der Waals surface area (Å²) in [6.07, 6.45) is 0.607. The molecule has 1 N–H and O–H groups in total. The average Bonchev–Trinajstić information content (AvgIpc) is 2.94. The van der Waals surface area contributed by atoms with E-state index in [0.29, 0.717) is 19.5 Å². The molecule has 0 spiro atoms. The molecule has 2 aliphatic rings. The lowest BCUT2D eigenvalue weighted by Crippen LogP contribution is -2.51. The van der Waals surface area contributed by atoms with Crippen molar-refractivity contribution in [3.05, 3.63) is 29.3 Å². The van der Waals surface area contributed by atoms with Crippen molar-refractivity contribution in [3.8, 4) is 0 Å². The molecule has 6 nitrogen and oxygen atoms in total. The van der Waals surface area contributed by atoms with Crippen molar-refractivity contribution in [1.82, 2.24) is 10.2 Å². The summed E-state index contributed by atoms with van der Waals surface area (Å²) in [5.74, 6) is 0.443. The summed E-state index contributed by atoms with van der Waals surface area (Å²) in [6, 6.07) is 6.26. The van der Waals surface area contributed by atoms with E-state index in [-0.39, 0.29) is 30.0 Å². The van der Waals surface area contributed by atoms with Crippen molar-refractivity contribution >= 4 is 21.4 Å². The molecule has 1 atom stereocenters. The van der Waals surface area contributed by atoms with Gasteiger partial charge >= 0.3 is 0 Å². The Morgan fingerprint density at radius 2 is 1.92 bits per heavy atom. The van der Waals surface area contributed by atoms with Crippen LogP contribution in [0.4, 0.5) is 5.69 Å². The number of piperazine rings is 1. The molecule has 7 heteroatoms. The highest BCUT2D eigenvalue weighted by molar-refractivity contribution is 7.91. The van der Waals surface area contributed by atoms with Crippen LogP contribution in [0.2, 0.25) is 0 Å². The molecule has 138 valence electrons. The maximum Gasteiger partial charge on any atom is 0.236 e. The van der Waals surface area contributed by atoms with Crippen molar-refractivity contribution in [3.63, 3.8) is 0 Å². The first-order chi connectivity index (χ1) is 11.9. The largest absolute Gasteiger partial charge is 0.368 e. The first-order valence-corrected chi connectivity index (χ1v) is 10.7. The van der Waals surface area contributed by atoms with Gasteiger partial charge in [0.1, 0.15) is 0 Å². The van der Waals surface area contributed by atoms with Crippen LogP contribution in [0.25, 0.3) is 0 Å². The van der Waals surface area contributed by atoms with Crippen LogP contribution < -0.4 is 10.2 Å². The Bertz CT molecular complexity index is 740. The predicted octanol–water partition coefficient (Wildman–Crippen LogP) is 0.729. The maximum atomic E-state index is 12.4. The third kappa shape index (κ3) is 4.33. The van der Waals surface area contributed by atoms with Gasteiger partial charge in [-0.15, -0.1) is 0 Å². The summed E-state index contributed by atoms with van der Waals surface area (Å²) in [5, 5.41) is 3.11. The number of aryl methyl sites for hydroxylation is 1. The summed E-state index contributed by atoms with van der Waals surface area (Å²) in [4.78, 5) is 16.6. The fourth-order valence-electron chi connectivity index (χ4n) is 3.57. The zero-order valence-corrected chi connectivity index (χ0v) is 15.8. The second-order valence-electron chi connectivity index (χ2n) is 7.07. The highest BCUT2D eigenvalue weighted by atomic mass is 32.2. The monoisotopic (exact) mass is 365 g/mol. The van der Waals surface area contributed by atoms with Crippen molar-refractivity contribution in [2.75, 3.05) is 49.1 Å². The maximum absolute atomic E-state index is 12.4. The Hall–Kier alpha value is -1.60. The molecule has 0 bridgehead atoms. The molecule has 2 aliphatic heterocycles. The number of nitrogens with zero attached hydrogens (tertiary/aromatic N) is 2. The lowest BCUT2D eigenvalue weighted by Gasteiger charge is -2.37.